The van der Waals surface area contributed by atoms with Crippen molar-refractivity contribution < 1.29 is 4.39 Å². The van der Waals surface area contributed by atoms with Crippen LogP contribution in [0.4, 0.5) is 15.8 Å². The van der Waals surface area contributed by atoms with Crippen molar-refractivity contribution in [2.75, 3.05) is 5.32 Å². The average Bonchev–Trinajstić information content (AvgIpc) is 2.55. The van der Waals surface area contributed by atoms with Crippen LogP contribution in [0, 0.1) is 17.1 Å². The Bertz CT molecular complexity index is 1050. The molecule has 4 nitrogen and oxygen atoms in total. The van der Waals surface area contributed by atoms with Gasteiger partial charge in [0, 0.05) is 22.0 Å². The predicted molar refractivity (Wildman–Crippen MR) is 103 cm³/mol. The number of nitrogens with one attached hydrogen (secondary N) is 1. The Hall–Kier alpha value is -2.39. The van der Waals surface area contributed by atoms with Gasteiger partial charge in [-0.3, -0.25) is 0 Å². The molecule has 1 heterocycles. The number of fused-ring (bicyclic) bond motifs is 1. The molecule has 0 aliphatic rings. The number of nitrogens with two attached hydrogens (primary N) is 1. The highest BCUT2D eigenvalue weighted by molar-refractivity contribution is 6.37. The monoisotopic (exact) mass is 388 g/mol. The van der Waals surface area contributed by atoms with Gasteiger partial charge in [-0.1, -0.05) is 23.2 Å². The zero-order valence-electron chi connectivity index (χ0n) is 14.1. The van der Waals surface area contributed by atoms with Gasteiger partial charge in [0.1, 0.15) is 17.6 Å². The van der Waals surface area contributed by atoms with E-state index in [1.54, 1.807) is 24.3 Å². The lowest BCUT2D eigenvalue weighted by Crippen LogP contribution is -2.29. The molecule has 1 aromatic heterocycles. The van der Waals surface area contributed by atoms with Crippen LogP contribution in [0.5, 0.6) is 0 Å². The Morgan fingerprint density at radius 2 is 1.85 bits per heavy atom. The van der Waals surface area contributed by atoms with E-state index in [1.807, 2.05) is 19.9 Å². The van der Waals surface area contributed by atoms with Crippen LogP contribution < -0.4 is 11.1 Å². The van der Waals surface area contributed by atoms with E-state index in [2.05, 4.69) is 10.3 Å². The molecule has 3 aromatic rings. The fourth-order valence-corrected chi connectivity index (χ4v) is 3.32. The highest BCUT2D eigenvalue weighted by atomic mass is 35.5. The Balaban J connectivity index is 2.17. The third-order valence-corrected chi connectivity index (χ3v) is 4.53. The maximum Gasteiger partial charge on any atom is 0.143 e. The normalized spacial score (nSPS) is 11.4. The quantitative estimate of drug-likeness (QED) is 0.621. The number of benzene rings is 2. The van der Waals surface area contributed by atoms with Crippen molar-refractivity contribution in [3.05, 3.63) is 63.5 Å². The van der Waals surface area contributed by atoms with Crippen LogP contribution in [-0.4, -0.2) is 4.98 Å². The third kappa shape index (κ3) is 3.58. The van der Waals surface area contributed by atoms with E-state index >= 15 is 0 Å². The summed E-state index contributed by atoms with van der Waals surface area (Å²) in [6.07, 6.45) is 0. The Labute approximate surface area is 160 Å². The van der Waals surface area contributed by atoms with Crippen LogP contribution >= 0.6 is 23.2 Å². The fourth-order valence-electron chi connectivity index (χ4n) is 2.65. The lowest BCUT2D eigenvalue weighted by molar-refractivity contribution is 0.555. The number of aromatic nitrogens is 1. The molecule has 0 radical (unpaired) electrons. The minimum absolute atomic E-state index is 0.162. The molecule has 0 bridgehead atoms. The number of halogens is 3. The molecule has 0 atom stereocenters. The number of nitrogens with zero attached hydrogens (tertiary/aromatic N) is 2. The standard InChI is InChI=1S/C19H15Cl2FN4/c1-19(2,24)13-7-18(15(21)8-14(13)20)26-17-6-11(9-23)25-16-5-10(22)3-4-12(16)17/h3-8H,24H2,1-2H3,(H,25,26). The first-order chi connectivity index (χ1) is 12.2. The molecule has 2 aromatic carbocycles. The summed E-state index contributed by atoms with van der Waals surface area (Å²) in [5.41, 5.74) is 7.91. The molecule has 7 heteroatoms. The molecule has 26 heavy (non-hydrogen) atoms. The number of anilines is 2. The van der Waals surface area contributed by atoms with Gasteiger partial charge in [0.2, 0.25) is 0 Å². The summed E-state index contributed by atoms with van der Waals surface area (Å²) in [5.74, 6) is -0.428. The predicted octanol–water partition coefficient (Wildman–Crippen LogP) is 5.49. The van der Waals surface area contributed by atoms with E-state index in [9.17, 15) is 9.65 Å². The van der Waals surface area contributed by atoms with Crippen LogP contribution in [-0.2, 0) is 5.54 Å². The van der Waals surface area contributed by atoms with Crippen LogP contribution in [0.15, 0.2) is 36.4 Å². The zero-order valence-corrected chi connectivity index (χ0v) is 15.6. The average molecular weight is 389 g/mol. The summed E-state index contributed by atoms with van der Waals surface area (Å²) in [4.78, 5) is 4.13. The van der Waals surface area contributed by atoms with Gasteiger partial charge in [-0.15, -0.1) is 0 Å². The number of pyridine rings is 1. The SMILES string of the molecule is CC(C)(N)c1cc(Nc2cc(C#N)nc3cc(F)ccc23)c(Cl)cc1Cl. The topological polar surface area (TPSA) is 74.7 Å². The number of rotatable bonds is 3. The lowest BCUT2D eigenvalue weighted by Gasteiger charge is -2.23. The van der Waals surface area contributed by atoms with Crippen LogP contribution in [0.25, 0.3) is 10.9 Å². The van der Waals surface area contributed by atoms with Gasteiger partial charge in [-0.25, -0.2) is 9.37 Å². The molecular formula is C19H15Cl2FN4. The fraction of sp³-hybridized carbons (Fsp3) is 0.158. The van der Waals surface area contributed by atoms with Gasteiger partial charge < -0.3 is 11.1 Å². The summed E-state index contributed by atoms with van der Waals surface area (Å²) in [7, 11) is 0. The van der Waals surface area contributed by atoms with Crippen LogP contribution in [0.1, 0.15) is 25.1 Å². The summed E-state index contributed by atoms with van der Waals surface area (Å²) in [6, 6.07) is 11.1. The van der Waals surface area contributed by atoms with Gasteiger partial charge in [0.25, 0.3) is 0 Å². The number of nitriles is 1. The van der Waals surface area contributed by atoms with Crippen molar-refractivity contribution in [2.45, 2.75) is 19.4 Å². The van der Waals surface area contributed by atoms with E-state index in [1.165, 1.54) is 12.1 Å². The van der Waals surface area contributed by atoms with Gasteiger partial charge in [-0.05, 0) is 49.7 Å². The largest absolute Gasteiger partial charge is 0.354 e. The molecule has 0 aliphatic heterocycles. The van der Waals surface area contributed by atoms with Gasteiger partial charge >= 0.3 is 0 Å². The number of hydrogen-bond donors (Lipinski definition) is 2. The van der Waals surface area contributed by atoms with Gasteiger partial charge in [0.05, 0.1) is 21.9 Å². The lowest BCUT2D eigenvalue weighted by atomic mass is 9.95. The third-order valence-electron chi connectivity index (χ3n) is 3.91. The van der Waals surface area contributed by atoms with Crippen molar-refractivity contribution in [1.29, 1.82) is 5.26 Å². The van der Waals surface area contributed by atoms with Gasteiger partial charge in [0.15, 0.2) is 0 Å². The van der Waals surface area contributed by atoms with Crippen molar-refractivity contribution in [1.82, 2.24) is 4.98 Å². The maximum absolute atomic E-state index is 13.5. The molecule has 0 aliphatic carbocycles. The molecule has 0 saturated carbocycles. The molecule has 0 spiro atoms. The Kier molecular flexibility index (Phi) is 4.76. The van der Waals surface area contributed by atoms with E-state index in [-0.39, 0.29) is 5.69 Å². The molecule has 0 saturated heterocycles. The van der Waals surface area contributed by atoms with E-state index < -0.39 is 11.4 Å². The van der Waals surface area contributed by atoms with E-state index in [0.717, 1.165) is 5.56 Å². The van der Waals surface area contributed by atoms with Crippen molar-refractivity contribution in [2.24, 2.45) is 5.73 Å². The first-order valence-electron chi connectivity index (χ1n) is 7.75. The smallest absolute Gasteiger partial charge is 0.143 e. The second-order valence-electron chi connectivity index (χ2n) is 6.49. The molecule has 0 fully saturated rings. The molecule has 0 unspecified atom stereocenters. The zero-order chi connectivity index (χ0) is 19.1. The summed E-state index contributed by atoms with van der Waals surface area (Å²) in [6.45, 7) is 3.68. The first kappa shape index (κ1) is 18.4. The summed E-state index contributed by atoms with van der Waals surface area (Å²) in [5, 5.41) is 13.9. The minimum Gasteiger partial charge on any atom is -0.354 e. The maximum atomic E-state index is 13.5. The van der Waals surface area contributed by atoms with Crippen molar-refractivity contribution in [3.63, 3.8) is 0 Å². The molecule has 3 rings (SSSR count). The van der Waals surface area contributed by atoms with Crippen molar-refractivity contribution >= 4 is 45.5 Å². The minimum atomic E-state index is -0.667. The van der Waals surface area contributed by atoms with Crippen molar-refractivity contribution in [3.8, 4) is 6.07 Å². The Morgan fingerprint density at radius 3 is 2.50 bits per heavy atom. The summed E-state index contributed by atoms with van der Waals surface area (Å²) < 4.78 is 13.5. The second kappa shape index (κ2) is 6.73. The molecule has 0 amide bonds. The first-order valence-corrected chi connectivity index (χ1v) is 8.50. The highest BCUT2D eigenvalue weighted by Gasteiger charge is 2.20. The molecular weight excluding hydrogens is 374 g/mol. The van der Waals surface area contributed by atoms with Gasteiger partial charge in [-0.2, -0.15) is 5.26 Å². The second-order valence-corrected chi connectivity index (χ2v) is 7.30. The van der Waals surface area contributed by atoms with E-state index in [0.29, 0.717) is 32.3 Å². The molecule has 3 N–H and O–H groups in total. The summed E-state index contributed by atoms with van der Waals surface area (Å²) >= 11 is 12.6. The number of hydrogen-bond acceptors (Lipinski definition) is 4. The molecule has 132 valence electrons. The highest BCUT2D eigenvalue weighted by Crippen LogP contribution is 2.36. The van der Waals surface area contributed by atoms with Crippen LogP contribution in [0.3, 0.4) is 0 Å². The van der Waals surface area contributed by atoms with Crippen LogP contribution in [0.2, 0.25) is 10.0 Å². The Morgan fingerprint density at radius 1 is 1.12 bits per heavy atom. The van der Waals surface area contributed by atoms with E-state index in [4.69, 9.17) is 28.9 Å².